The van der Waals surface area contributed by atoms with Gasteiger partial charge in [0.2, 0.25) is 5.91 Å². The topological polar surface area (TPSA) is 68.0 Å². The summed E-state index contributed by atoms with van der Waals surface area (Å²) in [5.74, 6) is 0.105. The van der Waals surface area contributed by atoms with Crippen molar-refractivity contribution in [3.8, 4) is 0 Å². The molecular weight excluding hydrogens is 270 g/mol. The lowest BCUT2D eigenvalue weighted by atomic mass is 10.1. The van der Waals surface area contributed by atoms with E-state index in [1.165, 1.54) is 4.88 Å². The van der Waals surface area contributed by atoms with E-state index in [0.717, 1.165) is 42.9 Å². The largest absolute Gasteiger partial charge is 0.345 e. The van der Waals surface area contributed by atoms with Crippen LogP contribution in [0.4, 0.5) is 0 Å². The Labute approximate surface area is 126 Å². The van der Waals surface area contributed by atoms with Crippen LogP contribution in [0.1, 0.15) is 61.5 Å². The Bertz CT molecular complexity index is 421. The molecule has 4 nitrogen and oxygen atoms in total. The molecule has 1 aromatic heterocycles. The van der Waals surface area contributed by atoms with E-state index in [-0.39, 0.29) is 5.91 Å². The van der Waals surface area contributed by atoms with E-state index in [1.807, 2.05) is 20.8 Å². The van der Waals surface area contributed by atoms with Gasteiger partial charge in [-0.1, -0.05) is 12.8 Å². The van der Waals surface area contributed by atoms with E-state index in [4.69, 9.17) is 5.73 Å². The first-order chi connectivity index (χ1) is 9.36. The van der Waals surface area contributed by atoms with Crippen molar-refractivity contribution in [2.24, 2.45) is 5.73 Å². The van der Waals surface area contributed by atoms with Crippen molar-refractivity contribution in [3.63, 3.8) is 0 Å². The first kappa shape index (κ1) is 17.1. The van der Waals surface area contributed by atoms with Crippen molar-refractivity contribution >= 4 is 17.2 Å². The number of hydrogen-bond donors (Lipinski definition) is 2. The first-order valence-corrected chi connectivity index (χ1v) is 8.14. The van der Waals surface area contributed by atoms with Gasteiger partial charge >= 0.3 is 0 Å². The first-order valence-electron chi connectivity index (χ1n) is 7.32. The minimum atomic E-state index is -0.391. The highest BCUT2D eigenvalue weighted by Gasteiger charge is 2.26. The number of nitrogens with one attached hydrogen (secondary N) is 1. The minimum Gasteiger partial charge on any atom is -0.345 e. The average Bonchev–Trinajstić information content (AvgIpc) is 2.70. The third-order valence-electron chi connectivity index (χ3n) is 3.37. The van der Waals surface area contributed by atoms with Crippen molar-refractivity contribution < 1.29 is 4.79 Å². The summed E-state index contributed by atoms with van der Waals surface area (Å²) in [4.78, 5) is 17.8. The smallest absolute Gasteiger partial charge is 0.220 e. The van der Waals surface area contributed by atoms with E-state index in [2.05, 4.69) is 17.2 Å². The second kappa shape index (κ2) is 7.74. The number of nitrogens with two attached hydrogens (primary N) is 1. The molecule has 0 spiro atoms. The van der Waals surface area contributed by atoms with Gasteiger partial charge in [-0.05, 0) is 47.1 Å². The molecule has 1 heterocycles. The number of rotatable bonds is 8. The summed E-state index contributed by atoms with van der Waals surface area (Å²) in [7, 11) is 0. The van der Waals surface area contributed by atoms with Crippen LogP contribution >= 0.6 is 11.3 Å². The van der Waals surface area contributed by atoms with Gasteiger partial charge in [0.25, 0.3) is 0 Å². The van der Waals surface area contributed by atoms with Crippen LogP contribution in [0.2, 0.25) is 0 Å². The van der Waals surface area contributed by atoms with Crippen LogP contribution in [0, 0.1) is 13.8 Å². The average molecular weight is 297 g/mol. The van der Waals surface area contributed by atoms with Gasteiger partial charge in [-0.3, -0.25) is 4.79 Å². The Morgan fingerprint density at radius 2 is 1.90 bits per heavy atom. The number of aromatic nitrogens is 1. The molecule has 0 aliphatic carbocycles. The van der Waals surface area contributed by atoms with E-state index < -0.39 is 5.54 Å². The normalized spacial score (nSPS) is 11.7. The van der Waals surface area contributed by atoms with Crippen LogP contribution in [-0.4, -0.2) is 17.4 Å². The van der Waals surface area contributed by atoms with Crippen molar-refractivity contribution in [2.45, 2.75) is 65.3 Å². The number of carbonyl (C=O) groups is 1. The maximum Gasteiger partial charge on any atom is 0.220 e. The molecule has 0 aliphatic rings. The lowest BCUT2D eigenvalue weighted by Crippen LogP contribution is -2.40. The predicted molar refractivity (Wildman–Crippen MR) is 84.9 cm³/mol. The molecule has 0 unspecified atom stereocenters. The van der Waals surface area contributed by atoms with Crippen LogP contribution in [-0.2, 0) is 10.3 Å². The quantitative estimate of drug-likeness (QED) is 0.725. The third kappa shape index (κ3) is 5.21. The van der Waals surface area contributed by atoms with E-state index >= 15 is 0 Å². The fraction of sp³-hybridized carbons (Fsp3) is 0.733. The molecule has 0 bridgehead atoms. The molecule has 1 amide bonds. The van der Waals surface area contributed by atoms with Gasteiger partial charge in [0, 0.05) is 11.3 Å². The zero-order valence-corrected chi connectivity index (χ0v) is 13.9. The van der Waals surface area contributed by atoms with Gasteiger partial charge < -0.3 is 11.1 Å². The highest BCUT2D eigenvalue weighted by molar-refractivity contribution is 7.11. The third-order valence-corrected chi connectivity index (χ3v) is 4.77. The molecular formula is C15H27N3OS. The summed E-state index contributed by atoms with van der Waals surface area (Å²) < 4.78 is 0. The van der Waals surface area contributed by atoms with Crippen LogP contribution in [0.25, 0.3) is 0 Å². The van der Waals surface area contributed by atoms with Gasteiger partial charge in [-0.2, -0.15) is 0 Å². The van der Waals surface area contributed by atoms with Crippen molar-refractivity contribution in [1.82, 2.24) is 10.3 Å². The maximum atomic E-state index is 12.0. The molecule has 20 heavy (non-hydrogen) atoms. The second-order valence-corrected chi connectivity index (χ2v) is 6.99. The van der Waals surface area contributed by atoms with Crippen molar-refractivity contribution in [1.29, 1.82) is 0 Å². The Morgan fingerprint density at radius 3 is 2.45 bits per heavy atom. The number of unbranched alkanes of at least 4 members (excludes halogenated alkanes) is 3. The minimum absolute atomic E-state index is 0.105. The molecule has 5 heteroatoms. The van der Waals surface area contributed by atoms with Crippen molar-refractivity contribution in [3.05, 3.63) is 15.6 Å². The Balaban J connectivity index is 2.43. The lowest BCUT2D eigenvalue weighted by molar-refractivity contribution is -0.122. The molecule has 0 aliphatic heterocycles. The second-order valence-electron chi connectivity index (χ2n) is 5.79. The van der Waals surface area contributed by atoms with Gasteiger partial charge in [0.1, 0.15) is 5.01 Å². The number of hydrogen-bond acceptors (Lipinski definition) is 4. The summed E-state index contributed by atoms with van der Waals surface area (Å²) >= 11 is 1.66. The summed E-state index contributed by atoms with van der Waals surface area (Å²) in [6, 6.07) is 0. The maximum absolute atomic E-state index is 12.0. The molecule has 1 rings (SSSR count). The lowest BCUT2D eigenvalue weighted by Gasteiger charge is -2.23. The molecule has 0 radical (unpaired) electrons. The number of nitrogens with zero attached hydrogens (tertiary/aromatic N) is 1. The van der Waals surface area contributed by atoms with Gasteiger partial charge in [-0.25, -0.2) is 4.98 Å². The molecule has 0 aromatic carbocycles. The molecule has 3 N–H and O–H groups in total. The summed E-state index contributed by atoms with van der Waals surface area (Å²) in [6.07, 6.45) is 4.73. The van der Waals surface area contributed by atoms with Gasteiger partial charge in [0.15, 0.2) is 0 Å². The number of aryl methyl sites for hydroxylation is 2. The standard InChI is InChI=1S/C15H27N3OS/c1-11-12(2)20-14(17-11)15(3,4)18-13(19)9-7-5-6-8-10-16/h5-10,16H2,1-4H3,(H,18,19). The molecule has 0 saturated heterocycles. The SMILES string of the molecule is Cc1nc(C(C)(C)NC(=O)CCCCCCN)sc1C. The molecule has 0 saturated carbocycles. The summed E-state index contributed by atoms with van der Waals surface area (Å²) in [5.41, 5.74) is 6.11. The van der Waals surface area contributed by atoms with Crippen LogP contribution in [0.3, 0.4) is 0 Å². The van der Waals surface area contributed by atoms with E-state index in [0.29, 0.717) is 6.42 Å². The van der Waals surface area contributed by atoms with Crippen LogP contribution in [0.15, 0.2) is 0 Å². The van der Waals surface area contributed by atoms with E-state index in [1.54, 1.807) is 11.3 Å². The summed E-state index contributed by atoms with van der Waals surface area (Å²) in [5, 5.41) is 4.06. The number of amides is 1. The molecule has 0 atom stereocenters. The zero-order chi connectivity index (χ0) is 15.2. The predicted octanol–water partition coefficient (Wildman–Crippen LogP) is 3.02. The van der Waals surface area contributed by atoms with Crippen LogP contribution in [0.5, 0.6) is 0 Å². The van der Waals surface area contributed by atoms with Gasteiger partial charge in [0.05, 0.1) is 11.2 Å². The highest BCUT2D eigenvalue weighted by atomic mass is 32.1. The molecule has 1 aromatic rings. The fourth-order valence-electron chi connectivity index (χ4n) is 1.99. The Hall–Kier alpha value is -0.940. The fourth-order valence-corrected chi connectivity index (χ4v) is 2.96. The number of thiazole rings is 1. The van der Waals surface area contributed by atoms with E-state index in [9.17, 15) is 4.79 Å². The zero-order valence-electron chi connectivity index (χ0n) is 13.1. The van der Waals surface area contributed by atoms with Gasteiger partial charge in [-0.15, -0.1) is 11.3 Å². The summed E-state index contributed by atoms with van der Waals surface area (Å²) in [6.45, 7) is 8.83. The monoisotopic (exact) mass is 297 g/mol. The highest BCUT2D eigenvalue weighted by Crippen LogP contribution is 2.27. The molecule has 0 fully saturated rings. The Kier molecular flexibility index (Phi) is 6.62. The van der Waals surface area contributed by atoms with Crippen molar-refractivity contribution in [2.75, 3.05) is 6.54 Å². The molecule has 114 valence electrons. The van der Waals surface area contributed by atoms with Crippen LogP contribution < -0.4 is 11.1 Å². The number of carbonyl (C=O) groups excluding carboxylic acids is 1. The Morgan fingerprint density at radius 1 is 1.25 bits per heavy atom.